The van der Waals surface area contributed by atoms with Gasteiger partial charge in [-0.25, -0.2) is 0 Å². The Labute approximate surface area is 158 Å². The van der Waals surface area contributed by atoms with Gasteiger partial charge in [0.2, 0.25) is 11.8 Å². The summed E-state index contributed by atoms with van der Waals surface area (Å²) in [6.45, 7) is 1.42. The van der Waals surface area contributed by atoms with Crippen molar-refractivity contribution in [3.63, 3.8) is 0 Å². The molecule has 0 radical (unpaired) electrons. The van der Waals surface area contributed by atoms with E-state index in [2.05, 4.69) is 15.5 Å². The highest BCUT2D eigenvalue weighted by Crippen LogP contribution is 2.38. The molecule has 1 atom stereocenters. The molecule has 1 unspecified atom stereocenters. The fourth-order valence-corrected chi connectivity index (χ4v) is 3.52. The van der Waals surface area contributed by atoms with Gasteiger partial charge in [0.1, 0.15) is 0 Å². The molecule has 142 valence electrons. The maximum Gasteiger partial charge on any atom is 0.251 e. The number of aromatic nitrogens is 2. The predicted molar refractivity (Wildman–Crippen MR) is 98.1 cm³/mol. The Morgan fingerprint density at radius 1 is 1.19 bits per heavy atom. The number of rotatable bonds is 6. The van der Waals surface area contributed by atoms with Crippen molar-refractivity contribution in [2.45, 2.75) is 38.0 Å². The molecule has 1 aliphatic heterocycles. The first-order valence-corrected chi connectivity index (χ1v) is 9.62. The first-order valence-electron chi connectivity index (χ1n) is 9.62. The van der Waals surface area contributed by atoms with Crippen LogP contribution in [-0.4, -0.2) is 46.5 Å². The molecule has 7 heteroatoms. The molecule has 1 aromatic carbocycles. The number of hydrogen-bond acceptors (Lipinski definition) is 5. The largest absolute Gasteiger partial charge is 0.343 e. The first-order chi connectivity index (χ1) is 13.2. The SMILES string of the molecule is O=C(NCC(=O)N1CCCC(Cc2nc(C3CC3)no2)C1)c1ccccc1. The van der Waals surface area contributed by atoms with Gasteiger partial charge in [0, 0.05) is 31.0 Å². The Balaban J connectivity index is 1.26. The van der Waals surface area contributed by atoms with Gasteiger partial charge in [-0.2, -0.15) is 4.98 Å². The molecular formula is C20H24N4O3. The summed E-state index contributed by atoms with van der Waals surface area (Å²) in [7, 11) is 0. The number of likely N-dealkylation sites (tertiary alicyclic amines) is 1. The van der Waals surface area contributed by atoms with E-state index in [0.29, 0.717) is 36.3 Å². The maximum atomic E-state index is 12.5. The molecule has 2 aliphatic rings. The third kappa shape index (κ3) is 4.53. The highest BCUT2D eigenvalue weighted by molar-refractivity contribution is 5.96. The second-order valence-corrected chi connectivity index (χ2v) is 7.42. The molecule has 2 aromatic rings. The lowest BCUT2D eigenvalue weighted by molar-refractivity contribution is -0.131. The van der Waals surface area contributed by atoms with Gasteiger partial charge in [-0.15, -0.1) is 0 Å². The Bertz CT molecular complexity index is 801. The van der Waals surface area contributed by atoms with Crippen LogP contribution in [0.5, 0.6) is 0 Å². The van der Waals surface area contributed by atoms with Gasteiger partial charge < -0.3 is 14.7 Å². The maximum absolute atomic E-state index is 12.5. The fraction of sp³-hybridized carbons (Fsp3) is 0.500. The number of hydrogen-bond donors (Lipinski definition) is 1. The molecule has 2 amide bonds. The first kappa shape index (κ1) is 17.7. The summed E-state index contributed by atoms with van der Waals surface area (Å²) in [5, 5.41) is 6.77. The van der Waals surface area contributed by atoms with E-state index in [9.17, 15) is 9.59 Å². The summed E-state index contributed by atoms with van der Waals surface area (Å²) in [6.07, 6.45) is 5.01. The summed E-state index contributed by atoms with van der Waals surface area (Å²) in [4.78, 5) is 30.9. The zero-order valence-corrected chi connectivity index (χ0v) is 15.3. The van der Waals surface area contributed by atoms with Gasteiger partial charge in [0.25, 0.3) is 5.91 Å². The van der Waals surface area contributed by atoms with Crippen LogP contribution in [0.4, 0.5) is 0 Å². The van der Waals surface area contributed by atoms with Gasteiger partial charge in [-0.1, -0.05) is 23.4 Å². The smallest absolute Gasteiger partial charge is 0.251 e. The summed E-state index contributed by atoms with van der Waals surface area (Å²) >= 11 is 0. The van der Waals surface area contributed by atoms with Crippen molar-refractivity contribution in [3.05, 3.63) is 47.6 Å². The van der Waals surface area contributed by atoms with Crippen LogP contribution in [0.3, 0.4) is 0 Å². The van der Waals surface area contributed by atoms with Crippen LogP contribution >= 0.6 is 0 Å². The lowest BCUT2D eigenvalue weighted by Gasteiger charge is -2.32. The van der Waals surface area contributed by atoms with Crippen LogP contribution in [0, 0.1) is 5.92 Å². The second-order valence-electron chi connectivity index (χ2n) is 7.42. The zero-order chi connectivity index (χ0) is 18.6. The van der Waals surface area contributed by atoms with Crippen LogP contribution in [-0.2, 0) is 11.2 Å². The molecule has 2 heterocycles. The van der Waals surface area contributed by atoms with Gasteiger partial charge >= 0.3 is 0 Å². The molecular weight excluding hydrogens is 344 g/mol. The Morgan fingerprint density at radius 3 is 2.78 bits per heavy atom. The fourth-order valence-electron chi connectivity index (χ4n) is 3.52. The molecule has 0 bridgehead atoms. The van der Waals surface area contributed by atoms with Crippen molar-refractivity contribution in [1.82, 2.24) is 20.4 Å². The Morgan fingerprint density at radius 2 is 2.00 bits per heavy atom. The Kier molecular flexibility index (Phi) is 5.18. The average molecular weight is 368 g/mol. The summed E-state index contributed by atoms with van der Waals surface area (Å²) < 4.78 is 5.37. The minimum atomic E-state index is -0.226. The molecule has 7 nitrogen and oxygen atoms in total. The minimum absolute atomic E-state index is 0.0207. The van der Waals surface area contributed by atoms with Crippen molar-refractivity contribution >= 4 is 11.8 Å². The molecule has 4 rings (SSSR count). The zero-order valence-electron chi connectivity index (χ0n) is 15.3. The van der Waals surface area contributed by atoms with Gasteiger partial charge in [-0.3, -0.25) is 9.59 Å². The van der Waals surface area contributed by atoms with E-state index < -0.39 is 0 Å². The predicted octanol–water partition coefficient (Wildman–Crippen LogP) is 2.16. The number of amides is 2. The summed E-state index contributed by atoms with van der Waals surface area (Å²) in [5.41, 5.74) is 0.560. The molecule has 1 saturated carbocycles. The third-order valence-corrected chi connectivity index (χ3v) is 5.20. The van der Waals surface area contributed by atoms with Crippen LogP contribution < -0.4 is 5.32 Å². The third-order valence-electron chi connectivity index (χ3n) is 5.20. The average Bonchev–Trinajstić information content (AvgIpc) is 3.46. The number of piperidine rings is 1. The second kappa shape index (κ2) is 7.90. The highest BCUT2D eigenvalue weighted by atomic mass is 16.5. The minimum Gasteiger partial charge on any atom is -0.343 e. The van der Waals surface area contributed by atoms with E-state index in [1.165, 1.54) is 0 Å². The lowest BCUT2D eigenvalue weighted by atomic mass is 9.94. The van der Waals surface area contributed by atoms with E-state index in [1.807, 2.05) is 11.0 Å². The monoisotopic (exact) mass is 368 g/mol. The summed E-state index contributed by atoms with van der Waals surface area (Å²) in [5.74, 6) is 2.04. The lowest BCUT2D eigenvalue weighted by Crippen LogP contribution is -2.45. The van der Waals surface area contributed by atoms with Crippen molar-refractivity contribution in [3.8, 4) is 0 Å². The van der Waals surface area contributed by atoms with Crippen molar-refractivity contribution in [1.29, 1.82) is 0 Å². The number of carbonyl (C=O) groups is 2. The van der Waals surface area contributed by atoms with E-state index in [-0.39, 0.29) is 18.4 Å². The molecule has 1 aliphatic carbocycles. The highest BCUT2D eigenvalue weighted by Gasteiger charge is 2.30. The number of nitrogens with one attached hydrogen (secondary N) is 1. The van der Waals surface area contributed by atoms with E-state index in [1.54, 1.807) is 24.3 Å². The van der Waals surface area contributed by atoms with Crippen molar-refractivity contribution in [2.75, 3.05) is 19.6 Å². The topological polar surface area (TPSA) is 88.3 Å². The van der Waals surface area contributed by atoms with E-state index in [4.69, 9.17) is 4.52 Å². The molecule has 1 N–H and O–H groups in total. The molecule has 1 saturated heterocycles. The van der Waals surface area contributed by atoms with E-state index in [0.717, 1.165) is 38.1 Å². The normalized spacial score (nSPS) is 19.7. The quantitative estimate of drug-likeness (QED) is 0.844. The van der Waals surface area contributed by atoms with Gasteiger partial charge in [-0.05, 0) is 43.7 Å². The van der Waals surface area contributed by atoms with Gasteiger partial charge in [0.05, 0.1) is 6.54 Å². The molecule has 1 aromatic heterocycles. The Hall–Kier alpha value is -2.70. The van der Waals surface area contributed by atoms with Crippen LogP contribution in [0.2, 0.25) is 0 Å². The van der Waals surface area contributed by atoms with Crippen LogP contribution in [0.15, 0.2) is 34.9 Å². The van der Waals surface area contributed by atoms with Crippen molar-refractivity contribution in [2.24, 2.45) is 5.92 Å². The molecule has 0 spiro atoms. The number of carbonyl (C=O) groups excluding carboxylic acids is 2. The number of benzene rings is 1. The number of nitrogens with zero attached hydrogens (tertiary/aromatic N) is 3. The van der Waals surface area contributed by atoms with Crippen LogP contribution in [0.25, 0.3) is 0 Å². The molecule has 27 heavy (non-hydrogen) atoms. The van der Waals surface area contributed by atoms with Gasteiger partial charge in [0.15, 0.2) is 5.82 Å². The molecule has 2 fully saturated rings. The standard InChI is InChI=1S/C20H24N4O3/c25-18(12-21-20(26)16-6-2-1-3-7-16)24-10-4-5-14(13-24)11-17-22-19(23-27-17)15-8-9-15/h1-3,6-7,14-15H,4-5,8-13H2,(H,21,26). The van der Waals surface area contributed by atoms with Crippen molar-refractivity contribution < 1.29 is 14.1 Å². The summed E-state index contributed by atoms with van der Waals surface area (Å²) in [6, 6.07) is 8.93. The van der Waals surface area contributed by atoms with E-state index >= 15 is 0 Å². The van der Waals surface area contributed by atoms with Crippen LogP contribution in [0.1, 0.15) is 53.7 Å².